The molecule has 59 heavy (non-hydrogen) atoms. The Morgan fingerprint density at radius 1 is 0.678 bits per heavy atom. The average molecular weight is 837 g/mol. The van der Waals surface area contributed by atoms with Gasteiger partial charge < -0.3 is 20.9 Å². The van der Waals surface area contributed by atoms with Crippen LogP contribution in [0.15, 0.2) is 133 Å². The Bertz CT molecular complexity index is 2910. The van der Waals surface area contributed by atoms with Crippen LogP contribution in [0.5, 0.6) is 11.5 Å². The van der Waals surface area contributed by atoms with E-state index < -0.39 is 43.0 Å². The lowest BCUT2D eigenvalue weighted by molar-refractivity contribution is 0.102. The molecule has 0 bridgehead atoms. The Hall–Kier alpha value is -7.22. The van der Waals surface area contributed by atoms with Crippen molar-refractivity contribution in [2.75, 3.05) is 18.2 Å². The van der Waals surface area contributed by atoms with E-state index >= 15 is 0 Å². The van der Waals surface area contributed by atoms with E-state index in [-0.39, 0.29) is 10.8 Å². The third kappa shape index (κ3) is 10.8. The molecule has 19 heteroatoms. The molecule has 0 fully saturated rings. The predicted molar refractivity (Wildman–Crippen MR) is 221 cm³/mol. The zero-order valence-corrected chi connectivity index (χ0v) is 33.7. The zero-order chi connectivity index (χ0) is 43.0. The van der Waals surface area contributed by atoms with E-state index in [1.807, 2.05) is 57.2 Å². The van der Waals surface area contributed by atoms with Gasteiger partial charge in [0.1, 0.15) is 22.0 Å². The molecule has 0 atom stereocenters. The third-order valence-electron chi connectivity index (χ3n) is 8.66. The number of phenolic OH excluding ortho intramolecular Hbond substituents is 1. The maximum absolute atomic E-state index is 12.7. The number of hydrogen-bond acceptors (Lipinski definition) is 15. The lowest BCUT2D eigenvalue weighted by Crippen LogP contribution is -2.11. The number of amides is 1. The second-order valence-corrected chi connectivity index (χ2v) is 14.7. The second kappa shape index (κ2) is 18.4. The van der Waals surface area contributed by atoms with Gasteiger partial charge in [-0.3, -0.25) is 9.35 Å². The third-order valence-corrected chi connectivity index (χ3v) is 9.53. The first-order chi connectivity index (χ1) is 27.9. The quantitative estimate of drug-likeness (QED) is 0.0576. The summed E-state index contributed by atoms with van der Waals surface area (Å²) >= 11 is 0. The summed E-state index contributed by atoms with van der Waals surface area (Å²) in [6.45, 7) is 7.40. The normalized spacial score (nSPS) is 11.6. The molecular weight excluding hydrogens is 801 g/mol. The van der Waals surface area contributed by atoms with Gasteiger partial charge in [0.05, 0.1) is 29.9 Å². The maximum Gasteiger partial charge on any atom is 0.425 e. The van der Waals surface area contributed by atoms with Crippen LogP contribution in [0.2, 0.25) is 0 Å². The minimum atomic E-state index is -4.88. The Morgan fingerprint density at radius 3 is 1.64 bits per heavy atom. The smallest absolute Gasteiger partial charge is 0.425 e. The maximum atomic E-state index is 12.7. The number of nitrogens with zero attached hydrogens (tertiary/aromatic N) is 6. The molecule has 0 aliphatic rings. The van der Waals surface area contributed by atoms with Crippen LogP contribution >= 0.6 is 0 Å². The fraction of sp³-hybridized carbons (Fsp3) is 0.125. The number of nitrogen functional groups attached to an aromatic ring is 1. The first-order valence-electron chi connectivity index (χ1n) is 17.3. The molecule has 0 heterocycles. The molecule has 0 saturated heterocycles. The predicted octanol–water partition coefficient (Wildman–Crippen LogP) is 10.1. The molecule has 0 aromatic heterocycles. The lowest BCUT2D eigenvalue weighted by atomic mass is 10.1. The zero-order valence-electron chi connectivity index (χ0n) is 32.1. The van der Waals surface area contributed by atoms with Crippen LogP contribution < -0.4 is 15.8 Å². The van der Waals surface area contributed by atoms with Crippen molar-refractivity contribution in [2.45, 2.75) is 32.6 Å². The van der Waals surface area contributed by atoms with Gasteiger partial charge in [-0.2, -0.15) is 28.9 Å². The summed E-state index contributed by atoms with van der Waals surface area (Å²) < 4.78 is 65.8. The van der Waals surface area contributed by atoms with Gasteiger partial charge in [0.25, 0.3) is 16.0 Å². The van der Waals surface area contributed by atoms with E-state index in [1.165, 1.54) is 18.2 Å². The van der Waals surface area contributed by atoms with E-state index in [0.29, 0.717) is 62.3 Å². The summed E-state index contributed by atoms with van der Waals surface area (Å²) in [5, 5.41) is 40.4. The van der Waals surface area contributed by atoms with Gasteiger partial charge in [-0.15, -0.1) is 22.9 Å². The Morgan fingerprint density at radius 2 is 1.15 bits per heavy atom. The number of phenols is 1. The number of ether oxygens (including phenoxy) is 1. The first kappa shape index (κ1) is 42.9. The van der Waals surface area contributed by atoms with E-state index in [9.17, 15) is 22.9 Å². The molecule has 302 valence electrons. The summed E-state index contributed by atoms with van der Waals surface area (Å²) in [5.41, 5.74) is 12.3. The van der Waals surface area contributed by atoms with Gasteiger partial charge in [-0.1, -0.05) is 12.1 Å². The molecule has 6 rings (SSSR count). The van der Waals surface area contributed by atoms with Crippen molar-refractivity contribution >= 4 is 82.9 Å². The fourth-order valence-corrected chi connectivity index (χ4v) is 6.25. The fourth-order valence-electron chi connectivity index (χ4n) is 5.59. The monoisotopic (exact) mass is 836 g/mol. The molecule has 0 radical (unpaired) electrons. The van der Waals surface area contributed by atoms with Crippen LogP contribution in [-0.4, -0.2) is 43.7 Å². The van der Waals surface area contributed by atoms with Crippen molar-refractivity contribution in [3.05, 3.63) is 125 Å². The largest absolute Gasteiger partial charge is 0.505 e. The highest BCUT2D eigenvalue weighted by molar-refractivity contribution is 7.86. The highest BCUT2D eigenvalue weighted by atomic mass is 32.2. The van der Waals surface area contributed by atoms with E-state index in [2.05, 4.69) is 36.0 Å². The van der Waals surface area contributed by atoms with Crippen molar-refractivity contribution in [1.82, 2.24) is 0 Å². The number of aromatic hydroxyl groups is 1. The standard InChI is InChI=1S/C40H36N8O6S.O3S/c1-22-17-33(23(2)16-32(22)44-43-31-8-6-7-9-36(31)54-5)45-46-34-18-25(4)35(19-24(34)3)47-48-38-37(55(51,52)53)21-27-20-29(14-15-30(27)39(38)49)42-40(50)26-10-12-28(41)13-11-26;1-4(2)3/h6-21,49H,41H2,1-5H3,(H,42,50)(H,51,52,53);. The van der Waals surface area contributed by atoms with E-state index in [1.54, 1.807) is 50.4 Å². The molecule has 17 nitrogen and oxygen atoms in total. The highest BCUT2D eigenvalue weighted by Gasteiger charge is 2.23. The summed E-state index contributed by atoms with van der Waals surface area (Å²) in [6, 6.07) is 26.5. The number of para-hydroxylation sites is 1. The van der Waals surface area contributed by atoms with Crippen LogP contribution in [0.4, 0.5) is 45.5 Å². The first-order valence-corrected chi connectivity index (χ1v) is 19.7. The molecule has 0 saturated carbocycles. The van der Waals surface area contributed by atoms with Crippen LogP contribution in [-0.2, 0) is 20.7 Å². The summed E-state index contributed by atoms with van der Waals surface area (Å²) in [4.78, 5) is 12.1. The number of hydrogen-bond donors (Lipinski definition) is 4. The van der Waals surface area contributed by atoms with Crippen molar-refractivity contribution in [3.63, 3.8) is 0 Å². The molecule has 0 unspecified atom stereocenters. The number of carbonyl (C=O) groups excluding carboxylic acids is 1. The Kier molecular flexibility index (Phi) is 13.4. The van der Waals surface area contributed by atoms with Crippen LogP contribution in [0.25, 0.3) is 10.8 Å². The number of rotatable bonds is 10. The molecule has 0 spiro atoms. The minimum absolute atomic E-state index is 0.216. The number of fused-ring (bicyclic) bond motifs is 1. The molecule has 1 amide bonds. The number of benzene rings is 6. The number of nitrogens with two attached hydrogens (primary N) is 1. The van der Waals surface area contributed by atoms with Gasteiger partial charge >= 0.3 is 10.6 Å². The molecule has 6 aromatic carbocycles. The van der Waals surface area contributed by atoms with Gasteiger partial charge in [-0.05, 0) is 140 Å². The van der Waals surface area contributed by atoms with Crippen molar-refractivity contribution in [2.24, 2.45) is 30.7 Å². The van der Waals surface area contributed by atoms with Gasteiger partial charge in [0.15, 0.2) is 5.75 Å². The Balaban J connectivity index is 0.00000158. The molecule has 0 aliphatic heterocycles. The number of anilines is 2. The Labute approximate surface area is 339 Å². The minimum Gasteiger partial charge on any atom is -0.505 e. The van der Waals surface area contributed by atoms with Gasteiger partial charge in [0.2, 0.25) is 0 Å². The van der Waals surface area contributed by atoms with Crippen molar-refractivity contribution in [1.29, 1.82) is 0 Å². The number of azo groups is 3. The van der Waals surface area contributed by atoms with E-state index in [4.69, 9.17) is 23.1 Å². The van der Waals surface area contributed by atoms with Crippen LogP contribution in [0.3, 0.4) is 0 Å². The van der Waals surface area contributed by atoms with Crippen LogP contribution in [0, 0.1) is 27.7 Å². The second-order valence-electron chi connectivity index (χ2n) is 12.9. The topological polar surface area (TPSA) is 264 Å². The number of nitrogens with one attached hydrogen (secondary N) is 1. The summed E-state index contributed by atoms with van der Waals surface area (Å²) in [6.07, 6.45) is 0. The molecule has 0 aliphatic carbocycles. The molecule has 6 aromatic rings. The summed E-state index contributed by atoms with van der Waals surface area (Å²) in [7, 11) is -6.41. The van der Waals surface area contributed by atoms with Crippen LogP contribution in [0.1, 0.15) is 32.6 Å². The summed E-state index contributed by atoms with van der Waals surface area (Å²) in [5.74, 6) is -0.331. The SMILES string of the molecule is COc1ccccc1N=Nc1cc(C)c(N=Nc2cc(C)c(N=Nc3c(S(=O)(=O)O)cc4cc(NC(=O)c5ccc(N)cc5)ccc4c3O)cc2C)cc1C.O=S(=O)=O. The van der Waals surface area contributed by atoms with E-state index in [0.717, 1.165) is 17.2 Å². The van der Waals surface area contributed by atoms with Gasteiger partial charge in [-0.25, -0.2) is 0 Å². The molecular formula is C40H36N8O9S2. The highest BCUT2D eigenvalue weighted by Crippen LogP contribution is 2.43. The number of carbonyl (C=O) groups is 1. The van der Waals surface area contributed by atoms with Gasteiger partial charge in [0, 0.05) is 22.3 Å². The molecule has 5 N–H and O–H groups in total. The van der Waals surface area contributed by atoms with Crippen molar-refractivity contribution < 1.29 is 40.2 Å². The number of methoxy groups -OCH3 is 1. The number of aryl methyl sites for hydroxylation is 4. The lowest BCUT2D eigenvalue weighted by Gasteiger charge is -2.11. The average Bonchev–Trinajstić information content (AvgIpc) is 3.18. The van der Waals surface area contributed by atoms with Crippen molar-refractivity contribution in [3.8, 4) is 11.5 Å².